The Labute approximate surface area is 131 Å². The second-order valence-electron chi connectivity index (χ2n) is 5.74. The van der Waals surface area contributed by atoms with Crippen LogP contribution in [0.5, 0.6) is 0 Å². The zero-order valence-corrected chi connectivity index (χ0v) is 14.0. The van der Waals surface area contributed by atoms with Crippen LogP contribution in [0.2, 0.25) is 0 Å². The van der Waals surface area contributed by atoms with Crippen molar-refractivity contribution in [1.82, 2.24) is 0 Å². The van der Waals surface area contributed by atoms with Crippen LogP contribution in [0.4, 0.5) is 0 Å². The Bertz CT molecular complexity index is 424. The maximum Gasteiger partial charge on any atom is 0.187 e. The molecule has 1 unspecified atom stereocenters. The van der Waals surface area contributed by atoms with E-state index in [-0.39, 0.29) is 30.7 Å². The van der Waals surface area contributed by atoms with Crippen molar-refractivity contribution in [2.75, 3.05) is 0 Å². The minimum Gasteiger partial charge on any atom is -0.302 e. The van der Waals surface area contributed by atoms with Gasteiger partial charge < -0.3 is 4.55 Å². The number of hydrogen-bond acceptors (Lipinski definition) is 1. The molecule has 0 aliphatic heterocycles. The molecule has 19 heavy (non-hydrogen) atoms. The average molecular weight is 275 g/mol. The van der Waals surface area contributed by atoms with Crippen molar-refractivity contribution < 1.29 is 8.76 Å². The van der Waals surface area contributed by atoms with E-state index in [1.807, 2.05) is 0 Å². The summed E-state index contributed by atoms with van der Waals surface area (Å²) in [4.78, 5) is 0.615. The molecule has 0 saturated carbocycles. The van der Waals surface area contributed by atoms with Gasteiger partial charge >= 0.3 is 0 Å². The van der Waals surface area contributed by atoms with E-state index >= 15 is 0 Å². The van der Waals surface area contributed by atoms with E-state index in [0.717, 1.165) is 11.1 Å². The van der Waals surface area contributed by atoms with Gasteiger partial charge in [-0.05, 0) is 34.4 Å². The fourth-order valence-corrected chi connectivity index (χ4v) is 3.08. The maximum atomic E-state index is 11.6. The molecule has 1 aromatic carbocycles. The summed E-state index contributed by atoms with van der Waals surface area (Å²) >= 11 is -1.91. The summed E-state index contributed by atoms with van der Waals surface area (Å²) in [5.74, 6) is 0.945. The van der Waals surface area contributed by atoms with Gasteiger partial charge in [-0.2, -0.15) is 0 Å². The molecule has 4 heteroatoms. The summed E-state index contributed by atoms with van der Waals surface area (Å²) in [5.41, 5.74) is 3.26. The van der Waals surface area contributed by atoms with E-state index in [0.29, 0.717) is 10.8 Å². The molecular formula is C15H24LiO2S. The van der Waals surface area contributed by atoms with Crippen LogP contribution in [0, 0.1) is 0 Å². The van der Waals surface area contributed by atoms with Gasteiger partial charge in [0.2, 0.25) is 0 Å². The molecule has 0 saturated heterocycles. The van der Waals surface area contributed by atoms with Gasteiger partial charge in [-0.1, -0.05) is 53.7 Å². The molecule has 0 spiro atoms. The van der Waals surface area contributed by atoms with Crippen LogP contribution in [0.25, 0.3) is 0 Å². The van der Waals surface area contributed by atoms with E-state index in [1.54, 1.807) is 0 Å². The van der Waals surface area contributed by atoms with Gasteiger partial charge in [-0.3, -0.25) is 0 Å². The molecule has 1 rings (SSSR count). The van der Waals surface area contributed by atoms with E-state index in [4.69, 9.17) is 0 Å². The smallest absolute Gasteiger partial charge is 0.187 e. The van der Waals surface area contributed by atoms with E-state index in [9.17, 15) is 8.76 Å². The van der Waals surface area contributed by atoms with Crippen LogP contribution in [0.1, 0.15) is 76.0 Å². The molecule has 0 aromatic heterocycles. The van der Waals surface area contributed by atoms with Crippen molar-refractivity contribution in [1.29, 1.82) is 0 Å². The average Bonchev–Trinajstić information content (AvgIpc) is 2.26. The van der Waals surface area contributed by atoms with Crippen molar-refractivity contribution in [3.8, 4) is 0 Å². The molecule has 103 valence electrons. The topological polar surface area (TPSA) is 37.3 Å². The second-order valence-corrected chi connectivity index (χ2v) is 6.65. The third-order valence-corrected chi connectivity index (χ3v) is 4.07. The van der Waals surface area contributed by atoms with Crippen LogP contribution >= 0.6 is 0 Å². The minimum absolute atomic E-state index is 0. The van der Waals surface area contributed by atoms with Crippen molar-refractivity contribution >= 4 is 29.9 Å². The van der Waals surface area contributed by atoms with E-state index in [1.165, 1.54) is 5.56 Å². The normalized spacial score (nSPS) is 12.9. The standard InChI is InChI=1S/C15H24O2S.Li/c1-9(2)12-7-13(10(3)4)15(18(16)17)14(8-12)11(5)6;/h7-11H,1-6H3,(H,16,17);. The Morgan fingerprint density at radius 1 is 0.895 bits per heavy atom. The molecular weight excluding hydrogens is 251 g/mol. The molecule has 0 aliphatic carbocycles. The summed E-state index contributed by atoms with van der Waals surface area (Å²) in [6, 6.07) is 4.18. The Morgan fingerprint density at radius 2 is 1.26 bits per heavy atom. The van der Waals surface area contributed by atoms with Gasteiger partial charge in [-0.25, -0.2) is 4.21 Å². The predicted molar refractivity (Wildman–Crippen MR) is 83.5 cm³/mol. The fraction of sp³-hybridized carbons (Fsp3) is 0.600. The minimum atomic E-state index is -1.91. The summed E-state index contributed by atoms with van der Waals surface area (Å²) < 4.78 is 21.2. The zero-order chi connectivity index (χ0) is 14.0. The van der Waals surface area contributed by atoms with Crippen LogP contribution < -0.4 is 0 Å². The summed E-state index contributed by atoms with van der Waals surface area (Å²) in [6.45, 7) is 12.6. The number of rotatable bonds is 4. The Kier molecular flexibility index (Phi) is 7.61. The fourth-order valence-electron chi connectivity index (χ4n) is 2.09. The molecule has 1 radical (unpaired) electrons. The van der Waals surface area contributed by atoms with Crippen LogP contribution in [-0.2, 0) is 11.1 Å². The molecule has 0 heterocycles. The molecule has 2 nitrogen and oxygen atoms in total. The quantitative estimate of drug-likeness (QED) is 0.658. The molecule has 0 bridgehead atoms. The van der Waals surface area contributed by atoms with Gasteiger partial charge in [0.1, 0.15) is 0 Å². The molecule has 0 aliphatic rings. The predicted octanol–water partition coefficient (Wildman–Crippen LogP) is 4.26. The first-order chi connectivity index (χ1) is 8.25. The van der Waals surface area contributed by atoms with Gasteiger partial charge in [-0.15, -0.1) is 0 Å². The molecule has 1 aromatic rings. The zero-order valence-electron chi connectivity index (χ0n) is 13.2. The van der Waals surface area contributed by atoms with Crippen LogP contribution in [-0.4, -0.2) is 27.6 Å². The van der Waals surface area contributed by atoms with Crippen molar-refractivity contribution in [2.24, 2.45) is 0 Å². The second kappa shape index (κ2) is 7.64. The van der Waals surface area contributed by atoms with Crippen LogP contribution in [0.15, 0.2) is 17.0 Å². The summed E-state index contributed by atoms with van der Waals surface area (Å²) in [6.07, 6.45) is 0. The van der Waals surface area contributed by atoms with Gasteiger partial charge in [0.25, 0.3) is 0 Å². The SMILES string of the molecule is CC(C)c1cc(C(C)C)c(S(=O)O)c(C(C)C)c1.[Li]. The molecule has 1 N–H and O–H groups in total. The third-order valence-electron chi connectivity index (χ3n) is 3.25. The largest absolute Gasteiger partial charge is 0.302 e. The van der Waals surface area contributed by atoms with Crippen molar-refractivity contribution in [3.63, 3.8) is 0 Å². The van der Waals surface area contributed by atoms with E-state index in [2.05, 4.69) is 53.7 Å². The summed E-state index contributed by atoms with van der Waals surface area (Å²) in [5, 5.41) is 0. The van der Waals surface area contributed by atoms with Crippen molar-refractivity contribution in [2.45, 2.75) is 64.2 Å². The molecule has 0 amide bonds. The Hall–Kier alpha value is -0.0726. The maximum absolute atomic E-state index is 11.6. The third kappa shape index (κ3) is 4.46. The number of hydrogen-bond donors (Lipinski definition) is 1. The molecule has 0 fully saturated rings. The van der Waals surface area contributed by atoms with Gasteiger partial charge in [0.15, 0.2) is 11.1 Å². The Balaban J connectivity index is 0.00000324. The monoisotopic (exact) mass is 275 g/mol. The van der Waals surface area contributed by atoms with Crippen molar-refractivity contribution in [3.05, 3.63) is 28.8 Å². The summed E-state index contributed by atoms with van der Waals surface area (Å²) in [7, 11) is 0. The Morgan fingerprint density at radius 3 is 1.47 bits per heavy atom. The number of benzene rings is 1. The van der Waals surface area contributed by atoms with E-state index < -0.39 is 11.1 Å². The van der Waals surface area contributed by atoms with Crippen LogP contribution in [0.3, 0.4) is 0 Å². The van der Waals surface area contributed by atoms with Gasteiger partial charge in [0, 0.05) is 18.9 Å². The van der Waals surface area contributed by atoms with Gasteiger partial charge in [0.05, 0.1) is 4.90 Å². The first kappa shape index (κ1) is 18.9. The first-order valence-corrected chi connectivity index (χ1v) is 7.64. The molecule has 1 atom stereocenters. The first-order valence-electron chi connectivity index (χ1n) is 6.54.